The second-order valence-corrected chi connectivity index (χ2v) is 6.55. The van der Waals surface area contributed by atoms with Crippen molar-refractivity contribution >= 4 is 23.0 Å². The maximum Gasteiger partial charge on any atom is 0.312 e. The smallest absolute Gasteiger partial charge is 0.312 e. The average molecular weight is 302 g/mol. The summed E-state index contributed by atoms with van der Waals surface area (Å²) in [7, 11) is 0. The van der Waals surface area contributed by atoms with Crippen LogP contribution in [0.3, 0.4) is 0 Å². The summed E-state index contributed by atoms with van der Waals surface area (Å²) < 4.78 is 0. The molecule has 1 aromatic heterocycles. The minimum atomic E-state index is -0.758. The van der Waals surface area contributed by atoms with E-state index in [0.29, 0.717) is 19.0 Å². The van der Waals surface area contributed by atoms with Gasteiger partial charge in [0.2, 0.25) is 0 Å². The molecule has 1 aliphatic heterocycles. The molecule has 0 amide bonds. The second kappa shape index (κ2) is 5.48. The van der Waals surface area contributed by atoms with Gasteiger partial charge >= 0.3 is 5.97 Å². The lowest BCUT2D eigenvalue weighted by Crippen LogP contribution is -2.24. The zero-order valence-electron chi connectivity index (χ0n) is 12.1. The van der Waals surface area contributed by atoms with Crippen LogP contribution in [0.4, 0.5) is 5.69 Å². The van der Waals surface area contributed by atoms with Crippen LogP contribution in [0.25, 0.3) is 0 Å². The van der Waals surface area contributed by atoms with Gasteiger partial charge in [-0.25, -0.2) is 4.98 Å². The number of aliphatic carboxylic acids is 1. The number of rotatable bonds is 4. The predicted octanol–water partition coefficient (Wildman–Crippen LogP) is 3.45. The lowest BCUT2D eigenvalue weighted by molar-refractivity contribution is -0.138. The van der Waals surface area contributed by atoms with E-state index in [0.717, 1.165) is 22.0 Å². The van der Waals surface area contributed by atoms with Crippen LogP contribution in [0, 0.1) is 0 Å². The lowest BCUT2D eigenvalue weighted by atomic mass is 10.0. The van der Waals surface area contributed by atoms with Crippen LogP contribution in [-0.4, -0.2) is 22.6 Å². The molecule has 0 saturated heterocycles. The molecule has 21 heavy (non-hydrogen) atoms. The zero-order valence-corrected chi connectivity index (χ0v) is 12.9. The molecule has 1 aromatic carbocycles. The van der Waals surface area contributed by atoms with Crippen LogP contribution in [0.5, 0.6) is 0 Å². The molecule has 4 nitrogen and oxygen atoms in total. The van der Waals surface area contributed by atoms with Gasteiger partial charge in [-0.1, -0.05) is 32.0 Å². The van der Waals surface area contributed by atoms with E-state index in [4.69, 9.17) is 0 Å². The van der Waals surface area contributed by atoms with Gasteiger partial charge in [0.1, 0.15) is 5.92 Å². The van der Waals surface area contributed by atoms with Gasteiger partial charge in [0.15, 0.2) is 0 Å². The van der Waals surface area contributed by atoms with Crippen LogP contribution in [0.2, 0.25) is 0 Å². The fourth-order valence-electron chi connectivity index (χ4n) is 2.70. The third-order valence-corrected chi connectivity index (χ3v) is 4.96. The highest BCUT2D eigenvalue weighted by Gasteiger charge is 2.33. The number of carboxylic acids is 1. The average Bonchev–Trinajstić information content (AvgIpc) is 3.05. The minimum Gasteiger partial charge on any atom is -0.481 e. The molecule has 1 unspecified atom stereocenters. The maximum atomic E-state index is 11.4. The summed E-state index contributed by atoms with van der Waals surface area (Å²) in [6, 6.07) is 7.76. The summed E-state index contributed by atoms with van der Waals surface area (Å²) in [5.41, 5.74) is 2.94. The molecule has 1 aliphatic rings. The van der Waals surface area contributed by atoms with E-state index in [1.807, 2.05) is 24.3 Å². The van der Waals surface area contributed by atoms with Gasteiger partial charge in [0, 0.05) is 23.5 Å². The Labute approximate surface area is 128 Å². The topological polar surface area (TPSA) is 53.4 Å². The maximum absolute atomic E-state index is 11.4. The van der Waals surface area contributed by atoms with Gasteiger partial charge in [0.25, 0.3) is 0 Å². The van der Waals surface area contributed by atoms with E-state index < -0.39 is 11.9 Å². The number of hydrogen-bond acceptors (Lipinski definition) is 4. The van der Waals surface area contributed by atoms with Crippen molar-refractivity contribution in [2.24, 2.45) is 0 Å². The second-order valence-electron chi connectivity index (χ2n) is 5.66. The number of thiazole rings is 1. The van der Waals surface area contributed by atoms with Crippen molar-refractivity contribution in [1.82, 2.24) is 4.98 Å². The molecule has 0 bridgehead atoms. The van der Waals surface area contributed by atoms with Crippen LogP contribution < -0.4 is 4.90 Å². The first-order valence-electron chi connectivity index (χ1n) is 7.07. The summed E-state index contributed by atoms with van der Waals surface area (Å²) in [4.78, 5) is 18.2. The monoisotopic (exact) mass is 302 g/mol. The molecule has 0 fully saturated rings. The van der Waals surface area contributed by atoms with E-state index in [9.17, 15) is 9.90 Å². The number of carbonyl (C=O) groups is 1. The van der Waals surface area contributed by atoms with E-state index in [1.54, 1.807) is 11.3 Å². The molecule has 2 aromatic rings. The molecule has 0 radical (unpaired) electrons. The van der Waals surface area contributed by atoms with E-state index >= 15 is 0 Å². The number of nitrogens with zero attached hydrogens (tertiary/aromatic N) is 2. The largest absolute Gasteiger partial charge is 0.481 e. The van der Waals surface area contributed by atoms with Crippen molar-refractivity contribution in [3.63, 3.8) is 0 Å². The highest BCUT2D eigenvalue weighted by molar-refractivity contribution is 7.09. The van der Waals surface area contributed by atoms with E-state index in [2.05, 4.69) is 29.1 Å². The molecule has 3 rings (SSSR count). The van der Waals surface area contributed by atoms with Gasteiger partial charge in [-0.3, -0.25) is 4.79 Å². The zero-order chi connectivity index (χ0) is 15.0. The van der Waals surface area contributed by atoms with E-state index in [-0.39, 0.29) is 0 Å². The van der Waals surface area contributed by atoms with Crippen LogP contribution in [0.15, 0.2) is 29.6 Å². The standard InChI is InChI=1S/C16H18N2O2S/c1-10(2)15-17-11(9-21-15)7-18-8-13(16(19)20)12-5-3-4-6-14(12)18/h3-6,9-10,13H,7-8H2,1-2H3,(H,19,20). The fourth-order valence-corrected chi connectivity index (χ4v) is 3.53. The van der Waals surface area contributed by atoms with Gasteiger partial charge in [-0.15, -0.1) is 11.3 Å². The fraction of sp³-hybridized carbons (Fsp3) is 0.375. The minimum absolute atomic E-state index is 0.432. The molecule has 0 saturated carbocycles. The van der Waals surface area contributed by atoms with E-state index in [1.165, 1.54) is 0 Å². The molecular formula is C16H18N2O2S. The summed E-state index contributed by atoms with van der Waals surface area (Å²) in [5.74, 6) is -0.767. The molecule has 0 aliphatic carbocycles. The van der Waals surface area contributed by atoms with Crippen molar-refractivity contribution in [3.8, 4) is 0 Å². The first-order chi connectivity index (χ1) is 10.1. The number of hydrogen-bond donors (Lipinski definition) is 1. The Morgan fingerprint density at radius 1 is 1.48 bits per heavy atom. The molecule has 2 heterocycles. The quantitative estimate of drug-likeness (QED) is 0.940. The number of aromatic nitrogens is 1. The lowest BCUT2D eigenvalue weighted by Gasteiger charge is -2.18. The normalized spacial score (nSPS) is 17.3. The number of fused-ring (bicyclic) bond motifs is 1. The van der Waals surface area contributed by atoms with Crippen molar-refractivity contribution in [2.45, 2.75) is 32.2 Å². The molecular weight excluding hydrogens is 284 g/mol. The summed E-state index contributed by atoms with van der Waals surface area (Å²) in [6.45, 7) is 5.45. The summed E-state index contributed by atoms with van der Waals surface area (Å²) >= 11 is 1.68. The molecule has 0 spiro atoms. The van der Waals surface area contributed by atoms with Crippen LogP contribution >= 0.6 is 11.3 Å². The Bertz CT molecular complexity index is 666. The highest BCUT2D eigenvalue weighted by Crippen LogP contribution is 2.37. The summed E-state index contributed by atoms with van der Waals surface area (Å²) in [6.07, 6.45) is 0. The molecule has 5 heteroatoms. The third-order valence-electron chi connectivity index (χ3n) is 3.77. The SMILES string of the molecule is CC(C)c1nc(CN2CC(C(=O)O)c3ccccc32)cs1. The first-order valence-corrected chi connectivity index (χ1v) is 7.95. The van der Waals surface area contributed by atoms with Crippen molar-refractivity contribution in [1.29, 1.82) is 0 Å². The van der Waals surface area contributed by atoms with Gasteiger partial charge < -0.3 is 10.0 Å². The van der Waals surface area contributed by atoms with Crippen molar-refractivity contribution in [2.75, 3.05) is 11.4 Å². The van der Waals surface area contributed by atoms with Gasteiger partial charge in [-0.05, 0) is 11.6 Å². The Balaban J connectivity index is 1.85. The molecule has 1 atom stereocenters. The number of para-hydroxylation sites is 1. The van der Waals surface area contributed by atoms with Crippen LogP contribution in [-0.2, 0) is 11.3 Å². The Morgan fingerprint density at radius 3 is 2.90 bits per heavy atom. The number of benzene rings is 1. The van der Waals surface area contributed by atoms with Crippen molar-refractivity contribution in [3.05, 3.63) is 45.9 Å². The number of carboxylic acid groups (broad SMARTS) is 1. The Morgan fingerprint density at radius 2 is 2.24 bits per heavy atom. The van der Waals surface area contributed by atoms with Gasteiger partial charge in [0.05, 0.1) is 17.2 Å². The highest BCUT2D eigenvalue weighted by atomic mass is 32.1. The number of anilines is 1. The van der Waals surface area contributed by atoms with Crippen LogP contribution in [0.1, 0.15) is 41.9 Å². The van der Waals surface area contributed by atoms with Crippen molar-refractivity contribution < 1.29 is 9.90 Å². The molecule has 110 valence electrons. The Hall–Kier alpha value is -1.88. The van der Waals surface area contributed by atoms with Gasteiger partial charge in [-0.2, -0.15) is 0 Å². The first kappa shape index (κ1) is 14.1. The predicted molar refractivity (Wildman–Crippen MR) is 84.1 cm³/mol. The molecule has 1 N–H and O–H groups in total. The summed E-state index contributed by atoms with van der Waals surface area (Å²) in [5, 5.41) is 12.6. The Kier molecular flexibility index (Phi) is 3.68. The third kappa shape index (κ3) is 2.65.